The van der Waals surface area contributed by atoms with Crippen LogP contribution in [0.3, 0.4) is 0 Å². The Morgan fingerprint density at radius 1 is 0.633 bits per heavy atom. The molecule has 0 unspecified atom stereocenters. The number of para-hydroxylation sites is 1. The van der Waals surface area contributed by atoms with Crippen molar-refractivity contribution in [2.75, 3.05) is 9.80 Å². The van der Waals surface area contributed by atoms with E-state index in [9.17, 15) is 0 Å². The summed E-state index contributed by atoms with van der Waals surface area (Å²) in [4.78, 5) is 4.04. The normalized spacial score (nSPS) is 14.2. The van der Waals surface area contributed by atoms with E-state index < -0.39 is 0 Å². The zero-order valence-electron chi connectivity index (χ0n) is 18.0. The van der Waals surface area contributed by atoms with E-state index in [0.717, 1.165) is 22.6 Å². The van der Waals surface area contributed by atoms with E-state index in [0.29, 0.717) is 11.6 Å². The van der Waals surface area contributed by atoms with Gasteiger partial charge in [0.2, 0.25) is 0 Å². The molecule has 152 valence electrons. The number of hydrogen-bond donors (Lipinski definition) is 2. The van der Waals surface area contributed by atoms with Crippen LogP contribution in [0.5, 0.6) is 0 Å². The zero-order chi connectivity index (χ0) is 21.4. The van der Waals surface area contributed by atoms with Gasteiger partial charge < -0.3 is 11.5 Å². The van der Waals surface area contributed by atoms with E-state index in [1.54, 1.807) is 0 Å². The van der Waals surface area contributed by atoms with Gasteiger partial charge in [0.05, 0.1) is 5.70 Å². The van der Waals surface area contributed by atoms with Crippen molar-refractivity contribution in [2.24, 2.45) is 11.5 Å². The number of hydrogen-bond acceptors (Lipinski definition) is 4. The molecule has 0 aliphatic carbocycles. The van der Waals surface area contributed by atoms with Crippen LogP contribution in [0.4, 0.5) is 11.4 Å². The molecule has 0 saturated carbocycles. The third kappa shape index (κ3) is 3.41. The summed E-state index contributed by atoms with van der Waals surface area (Å²) in [5, 5.41) is 0. The smallest absolute Gasteiger partial charge is 0.150 e. The Hall–Kier alpha value is -3.66. The van der Waals surface area contributed by atoms with Crippen LogP contribution in [0.15, 0.2) is 84.6 Å². The van der Waals surface area contributed by atoms with Gasteiger partial charge in [-0.2, -0.15) is 0 Å². The summed E-state index contributed by atoms with van der Waals surface area (Å²) in [5.41, 5.74) is 22.2. The van der Waals surface area contributed by atoms with Gasteiger partial charge in [0, 0.05) is 23.1 Å². The molecule has 1 heterocycles. The second-order valence-corrected chi connectivity index (χ2v) is 7.94. The Morgan fingerprint density at radius 3 is 1.83 bits per heavy atom. The van der Waals surface area contributed by atoms with Gasteiger partial charge in [0.25, 0.3) is 0 Å². The van der Waals surface area contributed by atoms with Gasteiger partial charge in [-0.15, -0.1) is 0 Å². The first kappa shape index (κ1) is 19.6. The molecule has 0 bridgehead atoms. The number of nitrogens with two attached hydrogens (primary N) is 2. The maximum atomic E-state index is 6.68. The van der Waals surface area contributed by atoms with Crippen molar-refractivity contribution in [3.05, 3.63) is 112 Å². The zero-order valence-corrected chi connectivity index (χ0v) is 18.0. The molecule has 30 heavy (non-hydrogen) atoms. The summed E-state index contributed by atoms with van der Waals surface area (Å²) >= 11 is 0. The first-order valence-corrected chi connectivity index (χ1v) is 10.1. The Kier molecular flexibility index (Phi) is 5.00. The fourth-order valence-corrected chi connectivity index (χ4v) is 4.17. The lowest BCUT2D eigenvalue weighted by Gasteiger charge is -2.38. The summed E-state index contributed by atoms with van der Waals surface area (Å²) in [6.45, 7) is 8.45. The van der Waals surface area contributed by atoms with E-state index in [2.05, 4.69) is 70.3 Å². The molecule has 0 radical (unpaired) electrons. The number of benzene rings is 3. The van der Waals surface area contributed by atoms with Crippen LogP contribution in [-0.2, 0) is 0 Å². The first-order valence-electron chi connectivity index (χ1n) is 10.1. The van der Waals surface area contributed by atoms with Crippen LogP contribution < -0.4 is 21.3 Å². The summed E-state index contributed by atoms with van der Waals surface area (Å²) in [6, 6.07) is 22.9. The lowest BCUT2D eigenvalue weighted by Crippen LogP contribution is -2.40. The second-order valence-electron chi connectivity index (χ2n) is 7.94. The average molecular weight is 397 g/mol. The summed E-state index contributed by atoms with van der Waals surface area (Å²) in [5.74, 6) is 1.03. The fraction of sp³-hybridized carbons (Fsp3) is 0.154. The third-order valence-corrected chi connectivity index (χ3v) is 5.49. The molecule has 4 heteroatoms. The maximum absolute atomic E-state index is 6.68. The minimum Gasteiger partial charge on any atom is -0.382 e. The molecule has 3 aromatic carbocycles. The number of rotatable bonds is 3. The predicted octanol–water partition coefficient (Wildman–Crippen LogP) is 5.29. The van der Waals surface area contributed by atoms with Gasteiger partial charge in [-0.25, -0.2) is 0 Å². The highest BCUT2D eigenvalue weighted by molar-refractivity contribution is 5.89. The topological polar surface area (TPSA) is 58.5 Å². The molecule has 1 aliphatic rings. The van der Waals surface area contributed by atoms with E-state index >= 15 is 0 Å². The van der Waals surface area contributed by atoms with Crippen molar-refractivity contribution in [3.8, 4) is 0 Å². The van der Waals surface area contributed by atoms with E-state index in [1.807, 2.05) is 40.1 Å². The molecule has 0 saturated heterocycles. The van der Waals surface area contributed by atoms with E-state index in [-0.39, 0.29) is 0 Å². The highest BCUT2D eigenvalue weighted by atomic mass is 15.3. The summed E-state index contributed by atoms with van der Waals surface area (Å²) < 4.78 is 0. The molecule has 4 nitrogen and oxygen atoms in total. The Labute approximate surface area is 178 Å². The van der Waals surface area contributed by atoms with Gasteiger partial charge in [-0.3, -0.25) is 9.80 Å². The van der Waals surface area contributed by atoms with Gasteiger partial charge in [0.15, 0.2) is 0 Å². The second kappa shape index (κ2) is 7.64. The molecular formula is C26H28N4. The monoisotopic (exact) mass is 396 g/mol. The maximum Gasteiger partial charge on any atom is 0.150 e. The van der Waals surface area contributed by atoms with Crippen molar-refractivity contribution < 1.29 is 0 Å². The lowest BCUT2D eigenvalue weighted by molar-refractivity contribution is 0.962. The largest absolute Gasteiger partial charge is 0.382 e. The lowest BCUT2D eigenvalue weighted by atomic mass is 9.98. The highest BCUT2D eigenvalue weighted by Gasteiger charge is 2.29. The molecule has 0 fully saturated rings. The van der Waals surface area contributed by atoms with Gasteiger partial charge in [-0.05, 0) is 74.2 Å². The Bertz CT molecular complexity index is 1120. The number of anilines is 2. The van der Waals surface area contributed by atoms with Crippen molar-refractivity contribution in [1.29, 1.82) is 0 Å². The van der Waals surface area contributed by atoms with E-state index in [1.165, 1.54) is 22.3 Å². The van der Waals surface area contributed by atoms with Gasteiger partial charge in [0.1, 0.15) is 11.6 Å². The average Bonchev–Trinajstić information content (AvgIpc) is 2.70. The molecule has 1 aliphatic heterocycles. The van der Waals surface area contributed by atoms with Crippen molar-refractivity contribution in [1.82, 2.24) is 0 Å². The quantitative estimate of drug-likeness (QED) is 0.632. The molecule has 0 aromatic heterocycles. The first-order chi connectivity index (χ1) is 14.4. The van der Waals surface area contributed by atoms with Crippen LogP contribution in [0, 0.1) is 27.7 Å². The van der Waals surface area contributed by atoms with Crippen LogP contribution in [0.2, 0.25) is 0 Å². The minimum atomic E-state index is 0.513. The van der Waals surface area contributed by atoms with Gasteiger partial charge in [-0.1, -0.05) is 42.5 Å². The molecule has 0 spiro atoms. The standard InChI is InChI=1S/C26H28N4/c1-17-13-18(2)15-22(14-17)29-16-23(24-19(3)9-8-10-20(24)4)30(26(28)25(29)27)21-11-6-5-7-12-21/h5-16H,27-28H2,1-4H3. The van der Waals surface area contributed by atoms with Crippen LogP contribution in [-0.4, -0.2) is 0 Å². The van der Waals surface area contributed by atoms with Crippen LogP contribution in [0.25, 0.3) is 5.70 Å². The molecular weight excluding hydrogens is 368 g/mol. The number of nitrogens with zero attached hydrogens (tertiary/aromatic N) is 2. The summed E-state index contributed by atoms with van der Waals surface area (Å²) in [7, 11) is 0. The molecule has 4 N–H and O–H groups in total. The third-order valence-electron chi connectivity index (χ3n) is 5.49. The summed E-state index contributed by atoms with van der Waals surface area (Å²) in [6.07, 6.45) is 2.10. The van der Waals surface area contributed by atoms with Gasteiger partial charge >= 0.3 is 0 Å². The molecule has 3 aromatic rings. The van der Waals surface area contributed by atoms with Crippen molar-refractivity contribution in [2.45, 2.75) is 27.7 Å². The Morgan fingerprint density at radius 2 is 1.23 bits per heavy atom. The van der Waals surface area contributed by atoms with Crippen LogP contribution >= 0.6 is 0 Å². The molecule has 0 atom stereocenters. The van der Waals surface area contributed by atoms with Crippen molar-refractivity contribution >= 4 is 17.1 Å². The van der Waals surface area contributed by atoms with Crippen molar-refractivity contribution in [3.63, 3.8) is 0 Å². The minimum absolute atomic E-state index is 0.513. The van der Waals surface area contributed by atoms with E-state index in [4.69, 9.17) is 11.5 Å². The Balaban J connectivity index is 1.97. The highest BCUT2D eigenvalue weighted by Crippen LogP contribution is 2.38. The number of aryl methyl sites for hydroxylation is 4. The SMILES string of the molecule is Cc1cc(C)cc(N2C=C(c3c(C)cccc3C)N(c3ccccc3)C(N)=C2N)c1. The predicted molar refractivity (Wildman–Crippen MR) is 127 cm³/mol. The molecule has 0 amide bonds. The van der Waals surface area contributed by atoms with Crippen LogP contribution in [0.1, 0.15) is 27.8 Å². The fourth-order valence-electron chi connectivity index (χ4n) is 4.17. The molecule has 4 rings (SSSR count).